The van der Waals surface area contributed by atoms with Gasteiger partial charge in [0.2, 0.25) is 0 Å². The highest BCUT2D eigenvalue weighted by atomic mass is 32.2. The minimum atomic E-state index is -3.19. The molecule has 1 aromatic rings. The van der Waals surface area contributed by atoms with Gasteiger partial charge in [0.25, 0.3) is 0 Å². The lowest BCUT2D eigenvalue weighted by atomic mass is 10.3. The van der Waals surface area contributed by atoms with Crippen LogP contribution >= 0.6 is 0 Å². The first kappa shape index (κ1) is 16.0. The van der Waals surface area contributed by atoms with E-state index in [0.29, 0.717) is 23.5 Å². The molecule has 1 N–H and O–H groups in total. The Balaban J connectivity index is 2.67. The standard InChI is InChI=1S/C12H19NO4S2/c1-3-9-19(16,17)12-6-4-11(5-7-12)13-8-10-18(2,14)15/h4-7,13H,3,8-10H2,1-2H3. The molecule has 5 nitrogen and oxygen atoms in total. The molecule has 1 rings (SSSR count). The van der Waals surface area contributed by atoms with Gasteiger partial charge in [0, 0.05) is 18.5 Å². The van der Waals surface area contributed by atoms with E-state index in [9.17, 15) is 16.8 Å². The van der Waals surface area contributed by atoms with Crippen molar-refractivity contribution in [2.24, 2.45) is 0 Å². The van der Waals surface area contributed by atoms with Crippen LogP contribution in [-0.2, 0) is 19.7 Å². The Morgan fingerprint density at radius 1 is 1.00 bits per heavy atom. The molecule has 0 saturated carbocycles. The molecule has 0 saturated heterocycles. The van der Waals surface area contributed by atoms with Crippen LogP contribution in [0, 0.1) is 0 Å². The van der Waals surface area contributed by atoms with E-state index in [2.05, 4.69) is 5.32 Å². The lowest BCUT2D eigenvalue weighted by Crippen LogP contribution is -2.14. The molecule has 0 aliphatic rings. The fourth-order valence-corrected chi connectivity index (χ4v) is 3.34. The summed E-state index contributed by atoms with van der Waals surface area (Å²) in [6.45, 7) is 2.12. The first-order valence-electron chi connectivity index (χ1n) is 5.99. The second-order valence-corrected chi connectivity index (χ2v) is 8.77. The second kappa shape index (κ2) is 6.38. The largest absolute Gasteiger partial charge is 0.384 e. The topological polar surface area (TPSA) is 80.3 Å². The lowest BCUT2D eigenvalue weighted by Gasteiger charge is -2.07. The third-order valence-electron chi connectivity index (χ3n) is 2.49. The van der Waals surface area contributed by atoms with Crippen molar-refractivity contribution in [3.05, 3.63) is 24.3 Å². The predicted octanol–water partition coefficient (Wildman–Crippen LogP) is 1.33. The first-order valence-corrected chi connectivity index (χ1v) is 9.70. The summed E-state index contributed by atoms with van der Waals surface area (Å²) in [4.78, 5) is 0.294. The molecular formula is C12H19NO4S2. The Hall–Kier alpha value is -1.08. The van der Waals surface area contributed by atoms with Crippen LogP contribution in [0.1, 0.15) is 13.3 Å². The Morgan fingerprint density at radius 2 is 1.58 bits per heavy atom. The smallest absolute Gasteiger partial charge is 0.178 e. The number of hydrogen-bond acceptors (Lipinski definition) is 5. The van der Waals surface area contributed by atoms with Gasteiger partial charge in [-0.2, -0.15) is 0 Å². The molecule has 19 heavy (non-hydrogen) atoms. The second-order valence-electron chi connectivity index (χ2n) is 4.40. The van der Waals surface area contributed by atoms with E-state index >= 15 is 0 Å². The minimum absolute atomic E-state index is 0.0445. The van der Waals surface area contributed by atoms with Crippen molar-refractivity contribution < 1.29 is 16.8 Å². The van der Waals surface area contributed by atoms with Gasteiger partial charge in [-0.3, -0.25) is 0 Å². The van der Waals surface area contributed by atoms with Crippen molar-refractivity contribution in [1.29, 1.82) is 0 Å². The highest BCUT2D eigenvalue weighted by molar-refractivity contribution is 7.91. The average molecular weight is 305 g/mol. The molecule has 0 aromatic heterocycles. The maximum Gasteiger partial charge on any atom is 0.178 e. The number of hydrogen-bond donors (Lipinski definition) is 1. The van der Waals surface area contributed by atoms with Crippen LogP contribution in [-0.4, -0.2) is 41.1 Å². The van der Waals surface area contributed by atoms with Crippen LogP contribution in [0.4, 0.5) is 5.69 Å². The fraction of sp³-hybridized carbons (Fsp3) is 0.500. The summed E-state index contributed by atoms with van der Waals surface area (Å²) in [6.07, 6.45) is 1.76. The Labute approximate surface area is 114 Å². The van der Waals surface area contributed by atoms with Crippen LogP contribution in [0.15, 0.2) is 29.2 Å². The number of nitrogens with one attached hydrogen (secondary N) is 1. The third kappa shape index (κ3) is 5.61. The molecule has 0 radical (unpaired) electrons. The van der Waals surface area contributed by atoms with Crippen LogP contribution in [0.25, 0.3) is 0 Å². The number of rotatable bonds is 7. The maximum absolute atomic E-state index is 11.8. The predicted molar refractivity (Wildman–Crippen MR) is 77.0 cm³/mol. The van der Waals surface area contributed by atoms with Crippen molar-refractivity contribution in [3.8, 4) is 0 Å². The van der Waals surface area contributed by atoms with Crippen molar-refractivity contribution >= 4 is 25.4 Å². The highest BCUT2D eigenvalue weighted by Gasteiger charge is 2.12. The summed E-state index contributed by atoms with van der Waals surface area (Å²) < 4.78 is 45.5. The van der Waals surface area contributed by atoms with Gasteiger partial charge < -0.3 is 5.32 Å². The van der Waals surface area contributed by atoms with E-state index in [-0.39, 0.29) is 11.5 Å². The van der Waals surface area contributed by atoms with Crippen LogP contribution in [0.2, 0.25) is 0 Å². The normalized spacial score (nSPS) is 12.3. The molecule has 1 aromatic carbocycles. The number of anilines is 1. The summed E-state index contributed by atoms with van der Waals surface area (Å²) >= 11 is 0. The Bertz CT molecular complexity index is 604. The van der Waals surface area contributed by atoms with E-state index in [1.165, 1.54) is 18.4 Å². The van der Waals surface area contributed by atoms with E-state index in [1.54, 1.807) is 12.1 Å². The molecule has 0 bridgehead atoms. The highest BCUT2D eigenvalue weighted by Crippen LogP contribution is 2.15. The average Bonchev–Trinajstić information content (AvgIpc) is 2.28. The van der Waals surface area contributed by atoms with E-state index in [0.717, 1.165) is 0 Å². The van der Waals surface area contributed by atoms with Gasteiger partial charge in [0.05, 0.1) is 16.4 Å². The number of sulfone groups is 2. The van der Waals surface area contributed by atoms with Crippen LogP contribution in [0.3, 0.4) is 0 Å². The quantitative estimate of drug-likeness (QED) is 0.822. The van der Waals surface area contributed by atoms with Gasteiger partial charge >= 0.3 is 0 Å². The van der Waals surface area contributed by atoms with Crippen molar-refractivity contribution in [2.75, 3.05) is 29.6 Å². The molecular weight excluding hydrogens is 286 g/mol. The third-order valence-corrected chi connectivity index (χ3v) is 5.37. The monoisotopic (exact) mass is 305 g/mol. The van der Waals surface area contributed by atoms with E-state index < -0.39 is 19.7 Å². The molecule has 0 unspecified atom stereocenters. The molecule has 0 atom stereocenters. The molecule has 0 aliphatic heterocycles. The van der Waals surface area contributed by atoms with Gasteiger partial charge in [-0.05, 0) is 30.7 Å². The first-order chi connectivity index (χ1) is 8.74. The van der Waals surface area contributed by atoms with Crippen LogP contribution < -0.4 is 5.32 Å². The Morgan fingerprint density at radius 3 is 2.05 bits per heavy atom. The van der Waals surface area contributed by atoms with Gasteiger partial charge in [0.1, 0.15) is 9.84 Å². The zero-order chi connectivity index (χ0) is 14.5. The molecule has 108 valence electrons. The zero-order valence-electron chi connectivity index (χ0n) is 11.1. The molecule has 0 amide bonds. The number of benzene rings is 1. The summed E-state index contributed by atoms with van der Waals surface area (Å²) in [7, 11) is -6.19. The van der Waals surface area contributed by atoms with Crippen LogP contribution in [0.5, 0.6) is 0 Å². The maximum atomic E-state index is 11.8. The lowest BCUT2D eigenvalue weighted by molar-refractivity contribution is 0.594. The Kier molecular flexibility index (Phi) is 5.37. The van der Waals surface area contributed by atoms with Gasteiger partial charge in [-0.25, -0.2) is 16.8 Å². The van der Waals surface area contributed by atoms with Gasteiger partial charge in [-0.1, -0.05) is 6.92 Å². The van der Waals surface area contributed by atoms with Gasteiger partial charge in [-0.15, -0.1) is 0 Å². The zero-order valence-corrected chi connectivity index (χ0v) is 12.7. The fourth-order valence-electron chi connectivity index (χ4n) is 1.55. The minimum Gasteiger partial charge on any atom is -0.384 e. The molecule has 0 aliphatic carbocycles. The summed E-state index contributed by atoms with van der Waals surface area (Å²) in [6, 6.07) is 6.36. The summed E-state index contributed by atoms with van der Waals surface area (Å²) in [5.74, 6) is 0.177. The van der Waals surface area contributed by atoms with E-state index in [4.69, 9.17) is 0 Å². The molecule has 7 heteroatoms. The SMILES string of the molecule is CCCS(=O)(=O)c1ccc(NCCS(C)(=O)=O)cc1. The van der Waals surface area contributed by atoms with Crippen molar-refractivity contribution in [1.82, 2.24) is 0 Å². The summed E-state index contributed by atoms with van der Waals surface area (Å²) in [5.41, 5.74) is 0.707. The van der Waals surface area contributed by atoms with E-state index in [1.807, 2.05) is 6.92 Å². The molecule has 0 heterocycles. The van der Waals surface area contributed by atoms with Gasteiger partial charge in [0.15, 0.2) is 9.84 Å². The summed E-state index contributed by atoms with van der Waals surface area (Å²) in [5, 5.41) is 2.94. The van der Waals surface area contributed by atoms with Crippen molar-refractivity contribution in [2.45, 2.75) is 18.2 Å². The molecule has 0 spiro atoms. The molecule has 0 fully saturated rings. The van der Waals surface area contributed by atoms with Crippen molar-refractivity contribution in [3.63, 3.8) is 0 Å².